The van der Waals surface area contributed by atoms with Crippen molar-refractivity contribution in [2.45, 2.75) is 56.9 Å². The predicted molar refractivity (Wildman–Crippen MR) is 138 cm³/mol. The van der Waals surface area contributed by atoms with Crippen LogP contribution >= 0.6 is 35.7 Å². The molecule has 0 spiro atoms. The Kier molecular flexibility index (Phi) is 11.8. The fourth-order valence-electron chi connectivity index (χ4n) is 4.09. The minimum absolute atomic E-state index is 0. The molecule has 8 heteroatoms. The highest BCUT2D eigenvalue weighted by Crippen LogP contribution is 2.35. The summed E-state index contributed by atoms with van der Waals surface area (Å²) in [4.78, 5) is 12.0. The van der Waals surface area contributed by atoms with Gasteiger partial charge in [-0.15, -0.1) is 24.0 Å². The maximum Gasteiger partial charge on any atom is 0.191 e. The maximum absolute atomic E-state index is 5.60. The van der Waals surface area contributed by atoms with Gasteiger partial charge in [0.05, 0.1) is 12.2 Å². The van der Waals surface area contributed by atoms with Crippen molar-refractivity contribution in [3.63, 3.8) is 0 Å². The number of rotatable bonds is 8. The Balaban J connectivity index is 0.00000320. The summed E-state index contributed by atoms with van der Waals surface area (Å²) >= 11 is 2.05. The summed E-state index contributed by atoms with van der Waals surface area (Å²) in [6, 6.07) is 6.64. The average Bonchev–Trinajstić information content (AvgIpc) is 2.75. The van der Waals surface area contributed by atoms with E-state index in [-0.39, 0.29) is 28.7 Å². The minimum Gasteiger partial charge on any atom is -0.381 e. The van der Waals surface area contributed by atoms with Gasteiger partial charge in [-0.05, 0) is 50.5 Å². The van der Waals surface area contributed by atoms with Gasteiger partial charge < -0.3 is 15.4 Å². The summed E-state index contributed by atoms with van der Waals surface area (Å²) in [5, 5.41) is 7.15. The molecule has 1 aromatic heterocycles. The highest BCUT2D eigenvalue weighted by molar-refractivity contribution is 14.0. The van der Waals surface area contributed by atoms with Gasteiger partial charge >= 0.3 is 0 Å². The third kappa shape index (κ3) is 8.16. The molecule has 2 saturated heterocycles. The van der Waals surface area contributed by atoms with Crippen LogP contribution in [0, 0.1) is 0 Å². The van der Waals surface area contributed by atoms with Gasteiger partial charge in [0.1, 0.15) is 0 Å². The Morgan fingerprint density at radius 1 is 1.27 bits per heavy atom. The summed E-state index contributed by atoms with van der Waals surface area (Å²) in [7, 11) is 0. The number of hydrogen-bond donors (Lipinski definition) is 2. The van der Waals surface area contributed by atoms with E-state index in [2.05, 4.69) is 58.3 Å². The van der Waals surface area contributed by atoms with E-state index in [9.17, 15) is 0 Å². The van der Waals surface area contributed by atoms with Crippen molar-refractivity contribution in [2.75, 3.05) is 45.1 Å². The Labute approximate surface area is 203 Å². The van der Waals surface area contributed by atoms with E-state index in [0.717, 1.165) is 89.0 Å². The molecule has 0 aromatic carbocycles. The van der Waals surface area contributed by atoms with E-state index >= 15 is 0 Å². The van der Waals surface area contributed by atoms with Crippen LogP contribution in [0.4, 0.5) is 0 Å². The Morgan fingerprint density at radius 2 is 2.03 bits per heavy atom. The van der Waals surface area contributed by atoms with Crippen molar-refractivity contribution >= 4 is 41.7 Å². The zero-order valence-corrected chi connectivity index (χ0v) is 21.6. The van der Waals surface area contributed by atoms with Crippen LogP contribution in [0.1, 0.15) is 45.2 Å². The van der Waals surface area contributed by atoms with Crippen LogP contribution in [0.2, 0.25) is 0 Å². The first-order valence-electron chi connectivity index (χ1n) is 11.1. The summed E-state index contributed by atoms with van der Waals surface area (Å²) in [5.41, 5.74) is 1.16. The van der Waals surface area contributed by atoms with Gasteiger partial charge in [-0.25, -0.2) is 0 Å². The van der Waals surface area contributed by atoms with Gasteiger partial charge in [-0.2, -0.15) is 11.8 Å². The molecule has 0 saturated carbocycles. The number of likely N-dealkylation sites (tertiary alicyclic amines) is 1. The second-order valence-electron chi connectivity index (χ2n) is 7.94. The molecule has 0 radical (unpaired) electrons. The maximum atomic E-state index is 5.60. The van der Waals surface area contributed by atoms with E-state index in [1.54, 1.807) is 0 Å². The molecule has 6 nitrogen and oxygen atoms in total. The van der Waals surface area contributed by atoms with E-state index in [1.807, 2.05) is 12.3 Å². The number of guanidine groups is 1. The van der Waals surface area contributed by atoms with Crippen molar-refractivity contribution < 1.29 is 4.74 Å². The van der Waals surface area contributed by atoms with Crippen LogP contribution in [0.5, 0.6) is 0 Å². The topological polar surface area (TPSA) is 61.8 Å². The number of piperidine rings is 1. The van der Waals surface area contributed by atoms with Gasteiger partial charge in [-0.1, -0.05) is 13.0 Å². The molecule has 170 valence electrons. The number of hydrogen-bond acceptors (Lipinski definition) is 5. The van der Waals surface area contributed by atoms with Crippen LogP contribution in [-0.4, -0.2) is 71.8 Å². The quantitative estimate of drug-likeness (QED) is 0.295. The number of halogens is 1. The largest absolute Gasteiger partial charge is 0.381 e. The zero-order chi connectivity index (χ0) is 20.4. The molecule has 0 atom stereocenters. The lowest BCUT2D eigenvalue weighted by molar-refractivity contribution is 0.0793. The third-order valence-electron chi connectivity index (χ3n) is 5.76. The normalized spacial score (nSPS) is 20.4. The highest BCUT2D eigenvalue weighted by Gasteiger charge is 2.32. The summed E-state index contributed by atoms with van der Waals surface area (Å²) < 4.78 is 5.83. The smallest absolute Gasteiger partial charge is 0.191 e. The number of ether oxygens (including phenoxy) is 1. The summed E-state index contributed by atoms with van der Waals surface area (Å²) in [6.45, 7) is 11.0. The lowest BCUT2D eigenvalue weighted by Crippen LogP contribution is -2.49. The number of aromatic nitrogens is 1. The summed E-state index contributed by atoms with van der Waals surface area (Å²) in [6.07, 6.45) is 6.35. The van der Waals surface area contributed by atoms with Crippen LogP contribution in [-0.2, 0) is 11.3 Å². The van der Waals surface area contributed by atoms with Crippen molar-refractivity contribution in [3.05, 3.63) is 30.1 Å². The molecule has 1 aromatic rings. The van der Waals surface area contributed by atoms with Crippen molar-refractivity contribution in [1.29, 1.82) is 0 Å². The number of thioether (sulfide) groups is 1. The average molecular weight is 548 g/mol. The van der Waals surface area contributed by atoms with Gasteiger partial charge in [0.15, 0.2) is 5.96 Å². The number of pyridine rings is 1. The Hall–Kier alpha value is -0.580. The van der Waals surface area contributed by atoms with Crippen molar-refractivity contribution in [3.8, 4) is 0 Å². The second-order valence-corrected chi connectivity index (χ2v) is 9.67. The molecule has 0 unspecified atom stereocenters. The lowest BCUT2D eigenvalue weighted by Gasteiger charge is -2.36. The standard InChI is InChI=1S/C22H37N5OS.HI/c1-3-23-21(25-18-22(29-4-2)10-15-28-16-11-22)26-19-8-13-27(14-9-19)17-20-7-5-6-12-24-20;/h5-7,12,19H,3-4,8-11,13-18H2,1-2H3,(H2,23,25,26);1H. The van der Waals surface area contributed by atoms with Gasteiger partial charge in [-0.3, -0.25) is 14.9 Å². The van der Waals surface area contributed by atoms with Crippen LogP contribution in [0.3, 0.4) is 0 Å². The lowest BCUT2D eigenvalue weighted by atomic mass is 9.99. The second kappa shape index (κ2) is 13.8. The number of nitrogens with one attached hydrogen (secondary N) is 2. The third-order valence-corrected chi connectivity index (χ3v) is 7.20. The first-order valence-corrected chi connectivity index (χ1v) is 12.1. The fraction of sp³-hybridized carbons (Fsp3) is 0.727. The van der Waals surface area contributed by atoms with Gasteiger partial charge in [0, 0.05) is 56.4 Å². The van der Waals surface area contributed by atoms with E-state index < -0.39 is 0 Å². The molecular formula is C22H38IN5OS. The number of aliphatic imine (C=N–C) groups is 1. The molecule has 3 rings (SSSR count). The van der Waals surface area contributed by atoms with Crippen LogP contribution in [0.15, 0.2) is 29.4 Å². The number of nitrogens with zero attached hydrogens (tertiary/aromatic N) is 3. The fourth-order valence-corrected chi connectivity index (χ4v) is 5.31. The molecule has 30 heavy (non-hydrogen) atoms. The van der Waals surface area contributed by atoms with E-state index in [1.165, 1.54) is 0 Å². The molecule has 0 bridgehead atoms. The molecule has 0 aliphatic carbocycles. The molecule has 3 heterocycles. The Morgan fingerprint density at radius 3 is 2.67 bits per heavy atom. The van der Waals surface area contributed by atoms with Crippen LogP contribution in [0.25, 0.3) is 0 Å². The first-order chi connectivity index (χ1) is 14.2. The Bertz CT molecular complexity index is 614. The monoisotopic (exact) mass is 547 g/mol. The van der Waals surface area contributed by atoms with E-state index in [0.29, 0.717) is 6.04 Å². The van der Waals surface area contributed by atoms with Crippen molar-refractivity contribution in [1.82, 2.24) is 20.5 Å². The molecule has 2 N–H and O–H groups in total. The molecular weight excluding hydrogens is 509 g/mol. The minimum atomic E-state index is 0. The van der Waals surface area contributed by atoms with Crippen LogP contribution < -0.4 is 10.6 Å². The first kappa shape index (κ1) is 25.7. The van der Waals surface area contributed by atoms with Gasteiger partial charge in [0.25, 0.3) is 0 Å². The molecule has 2 aliphatic rings. The highest BCUT2D eigenvalue weighted by atomic mass is 127. The molecule has 2 fully saturated rings. The molecule has 2 aliphatic heterocycles. The zero-order valence-electron chi connectivity index (χ0n) is 18.4. The van der Waals surface area contributed by atoms with Gasteiger partial charge in [0.2, 0.25) is 0 Å². The summed E-state index contributed by atoms with van der Waals surface area (Å²) in [5.74, 6) is 2.10. The SMILES string of the molecule is CCNC(=NCC1(SCC)CCOCC1)NC1CCN(Cc2ccccn2)CC1.I. The van der Waals surface area contributed by atoms with Crippen molar-refractivity contribution in [2.24, 2.45) is 4.99 Å². The van der Waals surface area contributed by atoms with E-state index in [4.69, 9.17) is 9.73 Å². The predicted octanol–water partition coefficient (Wildman–Crippen LogP) is 3.52. The molecule has 0 amide bonds.